The average molecular weight is 721 g/mol. The maximum absolute atomic E-state index is 2.68. The van der Waals surface area contributed by atoms with E-state index in [9.17, 15) is 0 Å². The van der Waals surface area contributed by atoms with Crippen molar-refractivity contribution in [2.45, 2.75) is 159 Å². The summed E-state index contributed by atoms with van der Waals surface area (Å²) in [6.45, 7) is 29.1. The second-order valence-electron chi connectivity index (χ2n) is 14.9. The van der Waals surface area contributed by atoms with Crippen molar-refractivity contribution >= 4 is 37.1 Å². The molecule has 0 aliphatic rings. The molecule has 0 fully saturated rings. The topological polar surface area (TPSA) is 0 Å². The summed E-state index contributed by atoms with van der Waals surface area (Å²) in [5.74, 6) is 0. The first-order chi connectivity index (χ1) is 24.6. The van der Waals surface area contributed by atoms with Crippen molar-refractivity contribution in [3.05, 3.63) is 117 Å². The summed E-state index contributed by atoms with van der Waals surface area (Å²) in [5.41, 5.74) is 13.1. The minimum atomic E-state index is -0.621. The van der Waals surface area contributed by atoms with E-state index in [1.54, 1.807) is 21.2 Å². The highest BCUT2D eigenvalue weighted by Crippen LogP contribution is 2.60. The third-order valence-corrected chi connectivity index (χ3v) is 18.1. The van der Waals surface area contributed by atoms with E-state index < -0.39 is 15.8 Å². The molecule has 51 heavy (non-hydrogen) atoms. The van der Waals surface area contributed by atoms with Crippen LogP contribution in [0.5, 0.6) is 0 Å². The number of hydrogen-bond donors (Lipinski definition) is 0. The van der Waals surface area contributed by atoms with Crippen molar-refractivity contribution < 1.29 is 0 Å². The number of benzene rings is 4. The standard InChI is InChI=1S/C49H70P2/c1-13-37-23-38(14-2)28-45(27-37)50(46-29-39(15-3)24-40(16-4)30-46)35(11)49(21-9,22-10)36(12)51(47-31-41(17-5)25-42(18-6)32-47)48-33-43(19-7)26-44(20-8)34-48/h23-36H,13-22H2,1-12H3. The van der Waals surface area contributed by atoms with Gasteiger partial charge in [0, 0.05) is 0 Å². The third-order valence-electron chi connectivity index (χ3n) is 12.3. The van der Waals surface area contributed by atoms with Gasteiger partial charge in [0.25, 0.3) is 0 Å². The van der Waals surface area contributed by atoms with Gasteiger partial charge in [0.05, 0.1) is 0 Å². The Labute approximate surface area is 317 Å². The molecule has 0 spiro atoms. The predicted molar refractivity (Wildman–Crippen MR) is 235 cm³/mol. The van der Waals surface area contributed by atoms with Gasteiger partial charge in [-0.25, -0.2) is 0 Å². The van der Waals surface area contributed by atoms with Crippen molar-refractivity contribution in [2.75, 3.05) is 0 Å². The van der Waals surface area contributed by atoms with Gasteiger partial charge in [0.15, 0.2) is 0 Å². The van der Waals surface area contributed by atoms with Gasteiger partial charge in [-0.1, -0.05) is 156 Å². The van der Waals surface area contributed by atoms with Crippen LogP contribution in [0, 0.1) is 5.41 Å². The monoisotopic (exact) mass is 720 g/mol. The molecule has 0 aromatic heterocycles. The molecule has 276 valence electrons. The quantitative estimate of drug-likeness (QED) is 0.0898. The van der Waals surface area contributed by atoms with E-state index in [1.807, 2.05) is 0 Å². The SMILES string of the molecule is CCc1cc(CC)cc(P(c2cc(CC)cc(CC)c2)C(C)C(CC)(CC)C(C)P(c2cc(CC)cc(CC)c2)c2cc(CC)cc(CC)c2)c1. The molecule has 4 aromatic carbocycles. The summed E-state index contributed by atoms with van der Waals surface area (Å²) in [7, 11) is -1.24. The Morgan fingerprint density at radius 3 is 0.647 bits per heavy atom. The molecule has 0 aliphatic heterocycles. The van der Waals surface area contributed by atoms with Gasteiger partial charge in [-0.15, -0.1) is 0 Å². The lowest BCUT2D eigenvalue weighted by Crippen LogP contribution is -2.45. The second-order valence-corrected chi connectivity index (χ2v) is 20.0. The van der Waals surface area contributed by atoms with Crippen LogP contribution in [-0.2, 0) is 51.4 Å². The van der Waals surface area contributed by atoms with Crippen LogP contribution in [0.2, 0.25) is 0 Å². The highest BCUT2D eigenvalue weighted by atomic mass is 31.1. The van der Waals surface area contributed by atoms with Crippen LogP contribution in [0.15, 0.2) is 72.8 Å². The summed E-state index contributed by atoms with van der Waals surface area (Å²) in [4.78, 5) is 0. The lowest BCUT2D eigenvalue weighted by molar-refractivity contribution is 0.255. The van der Waals surface area contributed by atoms with Gasteiger partial charge in [0.2, 0.25) is 0 Å². The highest BCUT2D eigenvalue weighted by molar-refractivity contribution is 7.74. The van der Waals surface area contributed by atoms with E-state index in [-0.39, 0.29) is 5.41 Å². The zero-order chi connectivity index (χ0) is 37.3. The lowest BCUT2D eigenvalue weighted by Gasteiger charge is -2.50. The first-order valence-corrected chi connectivity index (χ1v) is 23.5. The molecule has 2 atom stereocenters. The van der Waals surface area contributed by atoms with Gasteiger partial charge >= 0.3 is 0 Å². The summed E-state index contributed by atoms with van der Waals surface area (Å²) < 4.78 is 0. The molecule has 0 bridgehead atoms. The van der Waals surface area contributed by atoms with E-state index in [0.717, 1.165) is 51.4 Å². The van der Waals surface area contributed by atoms with Crippen LogP contribution in [0.4, 0.5) is 0 Å². The lowest BCUT2D eigenvalue weighted by atomic mass is 9.76. The number of rotatable bonds is 18. The first-order valence-electron chi connectivity index (χ1n) is 20.7. The van der Waals surface area contributed by atoms with Gasteiger partial charge in [-0.2, -0.15) is 0 Å². The van der Waals surface area contributed by atoms with E-state index in [4.69, 9.17) is 0 Å². The predicted octanol–water partition coefficient (Wildman–Crippen LogP) is 12.3. The maximum Gasteiger partial charge on any atom is -0.00946 e. The van der Waals surface area contributed by atoms with Crippen molar-refractivity contribution in [1.82, 2.24) is 0 Å². The van der Waals surface area contributed by atoms with E-state index in [1.165, 1.54) is 57.3 Å². The molecule has 0 saturated heterocycles. The fourth-order valence-corrected chi connectivity index (χ4v) is 15.8. The smallest absolute Gasteiger partial charge is 0.00946 e. The molecule has 0 radical (unpaired) electrons. The summed E-state index contributed by atoms with van der Waals surface area (Å²) in [5, 5.41) is 6.37. The maximum atomic E-state index is 2.68. The van der Waals surface area contributed by atoms with Crippen molar-refractivity contribution in [1.29, 1.82) is 0 Å². The minimum Gasteiger partial charge on any atom is -0.0648 e. The van der Waals surface area contributed by atoms with Gasteiger partial charge in [-0.3, -0.25) is 0 Å². The zero-order valence-corrected chi connectivity index (χ0v) is 36.3. The Kier molecular flexibility index (Phi) is 15.6. The van der Waals surface area contributed by atoms with Crippen LogP contribution in [0.3, 0.4) is 0 Å². The fourth-order valence-electron chi connectivity index (χ4n) is 8.65. The molecular weight excluding hydrogens is 650 g/mol. The Hall–Kier alpha value is -2.26. The minimum absolute atomic E-state index is 0.157. The van der Waals surface area contributed by atoms with Crippen LogP contribution in [0.1, 0.15) is 140 Å². The molecule has 4 aromatic rings. The summed E-state index contributed by atoms with van der Waals surface area (Å²) >= 11 is 0. The van der Waals surface area contributed by atoms with Crippen molar-refractivity contribution in [3.8, 4) is 0 Å². The van der Waals surface area contributed by atoms with E-state index in [2.05, 4.69) is 156 Å². The molecule has 2 unspecified atom stereocenters. The number of aryl methyl sites for hydroxylation is 8. The van der Waals surface area contributed by atoms with Crippen LogP contribution >= 0.6 is 15.8 Å². The van der Waals surface area contributed by atoms with Gasteiger partial charge in [-0.05, 0) is 163 Å². The Balaban J connectivity index is 2.05. The molecule has 0 nitrogen and oxygen atoms in total. The Morgan fingerprint density at radius 2 is 0.510 bits per heavy atom. The van der Waals surface area contributed by atoms with Crippen molar-refractivity contribution in [3.63, 3.8) is 0 Å². The molecule has 0 saturated carbocycles. The summed E-state index contributed by atoms with van der Waals surface area (Å²) in [6.07, 6.45) is 11.1. The van der Waals surface area contributed by atoms with E-state index >= 15 is 0 Å². The molecule has 0 heterocycles. The Morgan fingerprint density at radius 1 is 0.333 bits per heavy atom. The van der Waals surface area contributed by atoms with Crippen LogP contribution in [0.25, 0.3) is 0 Å². The number of hydrogen-bond acceptors (Lipinski definition) is 0. The molecular formula is C49H70P2. The van der Waals surface area contributed by atoms with Gasteiger partial charge in [0.1, 0.15) is 0 Å². The fraction of sp³-hybridized carbons (Fsp3) is 0.510. The molecule has 2 heteroatoms. The van der Waals surface area contributed by atoms with Crippen LogP contribution in [-0.4, -0.2) is 11.3 Å². The van der Waals surface area contributed by atoms with Crippen molar-refractivity contribution in [2.24, 2.45) is 5.41 Å². The molecule has 4 rings (SSSR count). The first kappa shape index (κ1) is 41.5. The molecule has 0 N–H and O–H groups in total. The Bertz CT molecular complexity index is 1390. The summed E-state index contributed by atoms with van der Waals surface area (Å²) in [6, 6.07) is 30.7. The van der Waals surface area contributed by atoms with Crippen LogP contribution < -0.4 is 21.2 Å². The average Bonchev–Trinajstić information content (AvgIpc) is 3.17. The normalized spacial score (nSPS) is 13.3. The van der Waals surface area contributed by atoms with Gasteiger partial charge < -0.3 is 0 Å². The van der Waals surface area contributed by atoms with E-state index in [0.29, 0.717) is 11.3 Å². The third kappa shape index (κ3) is 9.28. The largest absolute Gasteiger partial charge is 0.0648 e. The second kappa shape index (κ2) is 19.2. The molecule has 0 aliphatic carbocycles. The highest BCUT2D eigenvalue weighted by Gasteiger charge is 2.46. The zero-order valence-electron chi connectivity index (χ0n) is 34.5. The molecule has 0 amide bonds.